The van der Waals surface area contributed by atoms with Crippen LogP contribution >= 0.6 is 0 Å². The van der Waals surface area contributed by atoms with Crippen LogP contribution in [-0.4, -0.2) is 19.4 Å². The third-order valence-electron chi connectivity index (χ3n) is 2.03. The number of carbonyl (C=O) groups is 1. The van der Waals surface area contributed by atoms with Crippen molar-refractivity contribution >= 4 is 5.97 Å². The summed E-state index contributed by atoms with van der Waals surface area (Å²) >= 11 is 0. The molecule has 0 radical (unpaired) electrons. The number of rotatable bonds is 3. The molecule has 0 saturated carbocycles. The highest BCUT2D eigenvalue weighted by Gasteiger charge is 2.24. The summed E-state index contributed by atoms with van der Waals surface area (Å²) in [5.41, 5.74) is 0. The Hall–Kier alpha value is -0.570. The van der Waals surface area contributed by atoms with Crippen LogP contribution in [0.5, 0.6) is 0 Å². The fourth-order valence-corrected chi connectivity index (χ4v) is 1.21. The first kappa shape index (κ1) is 9.52. The van der Waals surface area contributed by atoms with Gasteiger partial charge in [-0.1, -0.05) is 20.3 Å². The fraction of sp³-hybridized carbons (Fsp3) is 0.889. The van der Waals surface area contributed by atoms with Crippen LogP contribution in [0.1, 0.15) is 26.7 Å². The number of cyclic esters (lactones) is 1. The second-order valence-corrected chi connectivity index (χ2v) is 3.62. The van der Waals surface area contributed by atoms with Crippen LogP contribution in [0.15, 0.2) is 0 Å². The van der Waals surface area contributed by atoms with Crippen molar-refractivity contribution in [1.82, 2.24) is 0 Å². The van der Waals surface area contributed by atoms with Crippen molar-refractivity contribution in [3.8, 4) is 0 Å². The maximum absolute atomic E-state index is 11.1. The molecule has 1 rings (SSSR count). The molecule has 0 bridgehead atoms. The van der Waals surface area contributed by atoms with Gasteiger partial charge >= 0.3 is 5.97 Å². The van der Waals surface area contributed by atoms with Gasteiger partial charge in [-0.15, -0.1) is 0 Å². The molecule has 12 heavy (non-hydrogen) atoms. The number of esters is 1. The van der Waals surface area contributed by atoms with Crippen molar-refractivity contribution in [2.75, 3.05) is 13.4 Å². The van der Waals surface area contributed by atoms with E-state index in [2.05, 4.69) is 13.8 Å². The molecule has 0 aliphatic carbocycles. The predicted octanol–water partition coefficient (Wildman–Crippen LogP) is 1.57. The summed E-state index contributed by atoms with van der Waals surface area (Å²) in [6.45, 7) is 4.96. The molecule has 0 spiro atoms. The first-order chi connectivity index (χ1) is 5.70. The number of ether oxygens (including phenoxy) is 2. The van der Waals surface area contributed by atoms with Crippen molar-refractivity contribution in [2.24, 2.45) is 11.8 Å². The molecule has 0 aromatic heterocycles. The Kier molecular flexibility index (Phi) is 3.53. The molecule has 1 atom stereocenters. The fourth-order valence-electron chi connectivity index (χ4n) is 1.21. The minimum Gasteiger partial charge on any atom is -0.438 e. The number of hydrogen-bond acceptors (Lipinski definition) is 3. The van der Waals surface area contributed by atoms with Crippen LogP contribution in [0, 0.1) is 11.8 Å². The molecule has 1 aliphatic heterocycles. The van der Waals surface area contributed by atoms with E-state index >= 15 is 0 Å². The minimum absolute atomic E-state index is 0.0267. The molecule has 1 fully saturated rings. The van der Waals surface area contributed by atoms with E-state index in [1.54, 1.807) is 0 Å². The van der Waals surface area contributed by atoms with Crippen LogP contribution < -0.4 is 0 Å². The van der Waals surface area contributed by atoms with Gasteiger partial charge in [-0.3, -0.25) is 4.79 Å². The minimum atomic E-state index is -0.0955. The van der Waals surface area contributed by atoms with Gasteiger partial charge in [-0.05, 0) is 12.3 Å². The molecule has 0 aromatic carbocycles. The van der Waals surface area contributed by atoms with E-state index < -0.39 is 0 Å². The molecule has 0 amide bonds. The average Bonchev–Trinajstić information content (AvgIpc) is 2.03. The van der Waals surface area contributed by atoms with Crippen LogP contribution in [0.25, 0.3) is 0 Å². The largest absolute Gasteiger partial charge is 0.438 e. The molecule has 0 aromatic rings. The van der Waals surface area contributed by atoms with Crippen molar-refractivity contribution in [3.63, 3.8) is 0 Å². The van der Waals surface area contributed by atoms with E-state index in [0.29, 0.717) is 12.5 Å². The summed E-state index contributed by atoms with van der Waals surface area (Å²) in [6, 6.07) is 0. The Bertz CT molecular complexity index is 154. The zero-order valence-corrected chi connectivity index (χ0v) is 7.71. The summed E-state index contributed by atoms with van der Waals surface area (Å²) in [7, 11) is 0. The lowest BCUT2D eigenvalue weighted by atomic mass is 9.98. The molecule has 1 unspecified atom stereocenters. The van der Waals surface area contributed by atoms with Crippen LogP contribution in [0.3, 0.4) is 0 Å². The van der Waals surface area contributed by atoms with E-state index in [1.165, 1.54) is 0 Å². The van der Waals surface area contributed by atoms with Crippen LogP contribution in [-0.2, 0) is 14.3 Å². The highest BCUT2D eigenvalue weighted by Crippen LogP contribution is 2.16. The van der Waals surface area contributed by atoms with E-state index in [4.69, 9.17) is 9.47 Å². The Labute approximate surface area is 73.0 Å². The molecule has 0 N–H and O–H groups in total. The molecule has 3 heteroatoms. The van der Waals surface area contributed by atoms with Gasteiger partial charge < -0.3 is 9.47 Å². The topological polar surface area (TPSA) is 35.5 Å². The van der Waals surface area contributed by atoms with Gasteiger partial charge in [0.25, 0.3) is 0 Å². The summed E-state index contributed by atoms with van der Waals surface area (Å²) in [5.74, 6) is 0.516. The first-order valence-corrected chi connectivity index (χ1v) is 4.44. The third-order valence-corrected chi connectivity index (χ3v) is 2.03. The van der Waals surface area contributed by atoms with E-state index in [9.17, 15) is 4.79 Å². The molecule has 70 valence electrons. The van der Waals surface area contributed by atoms with E-state index in [-0.39, 0.29) is 18.7 Å². The Morgan fingerprint density at radius 3 is 2.92 bits per heavy atom. The summed E-state index contributed by atoms with van der Waals surface area (Å²) in [4.78, 5) is 11.1. The van der Waals surface area contributed by atoms with Crippen LogP contribution in [0.2, 0.25) is 0 Å². The summed E-state index contributed by atoms with van der Waals surface area (Å²) in [5, 5.41) is 0. The van der Waals surface area contributed by atoms with Crippen molar-refractivity contribution in [3.05, 3.63) is 0 Å². The zero-order valence-electron chi connectivity index (χ0n) is 7.71. The highest BCUT2D eigenvalue weighted by molar-refractivity contribution is 5.72. The molecular weight excluding hydrogens is 156 g/mol. The molecular formula is C9H16O3. The standard InChI is InChI=1S/C9H16O3/c1-7(2)3-4-8-5-11-6-12-9(8)10/h7-8H,3-6H2,1-2H3. The SMILES string of the molecule is CC(C)CCC1COCOC1=O. The Balaban J connectivity index is 2.25. The predicted molar refractivity (Wildman–Crippen MR) is 44.5 cm³/mol. The van der Waals surface area contributed by atoms with E-state index in [1.807, 2.05) is 0 Å². The molecule has 3 nitrogen and oxygen atoms in total. The quantitative estimate of drug-likeness (QED) is 0.606. The third kappa shape index (κ3) is 2.81. The van der Waals surface area contributed by atoms with Crippen molar-refractivity contribution in [1.29, 1.82) is 0 Å². The second-order valence-electron chi connectivity index (χ2n) is 3.62. The maximum atomic E-state index is 11.1. The lowest BCUT2D eigenvalue weighted by Gasteiger charge is -2.21. The molecule has 1 aliphatic rings. The van der Waals surface area contributed by atoms with Gasteiger partial charge in [-0.25, -0.2) is 0 Å². The Morgan fingerprint density at radius 2 is 2.33 bits per heavy atom. The lowest BCUT2D eigenvalue weighted by molar-refractivity contribution is -0.179. The zero-order chi connectivity index (χ0) is 8.97. The molecule has 1 heterocycles. The van der Waals surface area contributed by atoms with Gasteiger partial charge in [0.05, 0.1) is 12.5 Å². The maximum Gasteiger partial charge on any atom is 0.313 e. The number of carbonyl (C=O) groups excluding carboxylic acids is 1. The first-order valence-electron chi connectivity index (χ1n) is 4.44. The Morgan fingerprint density at radius 1 is 1.58 bits per heavy atom. The smallest absolute Gasteiger partial charge is 0.313 e. The second kappa shape index (κ2) is 4.45. The summed E-state index contributed by atoms with van der Waals surface area (Å²) in [6.07, 6.45) is 1.94. The monoisotopic (exact) mass is 172 g/mol. The van der Waals surface area contributed by atoms with E-state index in [0.717, 1.165) is 12.8 Å². The van der Waals surface area contributed by atoms with Gasteiger partial charge in [-0.2, -0.15) is 0 Å². The summed E-state index contributed by atoms with van der Waals surface area (Å²) < 4.78 is 9.80. The van der Waals surface area contributed by atoms with Gasteiger partial charge in [0.15, 0.2) is 6.79 Å². The van der Waals surface area contributed by atoms with Crippen molar-refractivity contribution in [2.45, 2.75) is 26.7 Å². The molecule has 1 saturated heterocycles. The average molecular weight is 172 g/mol. The normalized spacial score (nSPS) is 24.2. The van der Waals surface area contributed by atoms with Gasteiger partial charge in [0.1, 0.15) is 0 Å². The highest BCUT2D eigenvalue weighted by atomic mass is 16.7. The van der Waals surface area contributed by atoms with Gasteiger partial charge in [0.2, 0.25) is 0 Å². The lowest BCUT2D eigenvalue weighted by Crippen LogP contribution is -2.29. The van der Waals surface area contributed by atoms with Crippen LogP contribution in [0.4, 0.5) is 0 Å². The number of hydrogen-bond donors (Lipinski definition) is 0. The van der Waals surface area contributed by atoms with Crippen molar-refractivity contribution < 1.29 is 14.3 Å². The van der Waals surface area contributed by atoms with Gasteiger partial charge in [0, 0.05) is 0 Å².